The van der Waals surface area contributed by atoms with Crippen molar-refractivity contribution in [1.82, 2.24) is 10.2 Å². The van der Waals surface area contributed by atoms with Crippen molar-refractivity contribution >= 4 is 18.3 Å². The van der Waals surface area contributed by atoms with Gasteiger partial charge in [-0.05, 0) is 35.6 Å². The molecule has 96 valence electrons. The Morgan fingerprint density at radius 3 is 3.16 bits per heavy atom. The normalized spacial score (nSPS) is 13.8. The number of hydrogen-bond acceptors (Lipinski definition) is 6. The van der Waals surface area contributed by atoms with Crippen molar-refractivity contribution < 1.29 is 14.5 Å². The SMILES string of the molecule is OB1OCCc2ccc(NOc3cccnn3)cc21. The molecule has 0 radical (unpaired) electrons. The largest absolute Gasteiger partial charge is 0.491 e. The number of hydrogen-bond donors (Lipinski definition) is 2. The highest BCUT2D eigenvalue weighted by molar-refractivity contribution is 6.61. The minimum Gasteiger partial charge on any atom is -0.423 e. The Hall–Kier alpha value is -2.12. The predicted octanol–water partition coefficient (Wildman–Crippen LogP) is 0.143. The molecule has 6 nitrogen and oxygen atoms in total. The average Bonchev–Trinajstić information content (AvgIpc) is 2.47. The van der Waals surface area contributed by atoms with E-state index in [-0.39, 0.29) is 0 Å². The molecule has 0 saturated heterocycles. The lowest BCUT2D eigenvalue weighted by Gasteiger charge is -2.19. The van der Waals surface area contributed by atoms with Crippen molar-refractivity contribution in [2.45, 2.75) is 6.42 Å². The number of nitrogens with zero attached hydrogens (tertiary/aromatic N) is 2. The second-order valence-electron chi connectivity index (χ2n) is 4.15. The van der Waals surface area contributed by atoms with Crippen LogP contribution in [-0.4, -0.2) is 28.9 Å². The van der Waals surface area contributed by atoms with Gasteiger partial charge in [0.05, 0.1) is 5.69 Å². The Kier molecular flexibility index (Phi) is 3.30. The zero-order valence-corrected chi connectivity index (χ0v) is 10.1. The molecule has 0 bridgehead atoms. The Morgan fingerprint density at radius 2 is 2.32 bits per heavy atom. The van der Waals surface area contributed by atoms with Crippen LogP contribution in [0.3, 0.4) is 0 Å². The molecule has 0 saturated carbocycles. The molecule has 1 aromatic carbocycles. The molecule has 0 fully saturated rings. The van der Waals surface area contributed by atoms with E-state index in [2.05, 4.69) is 15.7 Å². The molecule has 0 amide bonds. The lowest BCUT2D eigenvalue weighted by Crippen LogP contribution is -2.41. The Bertz CT molecular complexity index is 567. The summed E-state index contributed by atoms with van der Waals surface area (Å²) in [5, 5.41) is 17.2. The second-order valence-corrected chi connectivity index (χ2v) is 4.15. The number of benzene rings is 1. The van der Waals surface area contributed by atoms with Gasteiger partial charge in [-0.2, -0.15) is 5.10 Å². The predicted molar refractivity (Wildman–Crippen MR) is 70.0 cm³/mol. The van der Waals surface area contributed by atoms with Crippen molar-refractivity contribution in [3.05, 3.63) is 42.1 Å². The third-order valence-corrected chi connectivity index (χ3v) is 2.88. The van der Waals surface area contributed by atoms with Gasteiger partial charge in [-0.15, -0.1) is 5.10 Å². The highest BCUT2D eigenvalue weighted by Gasteiger charge is 2.24. The molecule has 2 N–H and O–H groups in total. The number of fused-ring (bicyclic) bond motifs is 1. The van der Waals surface area contributed by atoms with E-state index in [1.54, 1.807) is 24.4 Å². The second kappa shape index (κ2) is 5.25. The van der Waals surface area contributed by atoms with Crippen molar-refractivity contribution in [3.8, 4) is 5.88 Å². The molecule has 0 spiro atoms. The molecule has 0 unspecified atom stereocenters. The smallest absolute Gasteiger partial charge is 0.423 e. The molecule has 7 heteroatoms. The van der Waals surface area contributed by atoms with E-state index in [1.807, 2.05) is 12.1 Å². The zero-order chi connectivity index (χ0) is 13.1. The third kappa shape index (κ3) is 2.67. The summed E-state index contributed by atoms with van der Waals surface area (Å²) in [7, 11) is -0.873. The maximum absolute atomic E-state index is 9.76. The van der Waals surface area contributed by atoms with E-state index in [9.17, 15) is 5.02 Å². The van der Waals surface area contributed by atoms with Crippen LogP contribution >= 0.6 is 0 Å². The van der Waals surface area contributed by atoms with E-state index in [4.69, 9.17) is 9.49 Å². The van der Waals surface area contributed by atoms with Crippen LogP contribution in [0.25, 0.3) is 0 Å². The first-order chi connectivity index (χ1) is 9.33. The number of anilines is 1. The molecule has 19 heavy (non-hydrogen) atoms. The van der Waals surface area contributed by atoms with Crippen LogP contribution in [-0.2, 0) is 11.1 Å². The maximum Gasteiger partial charge on any atom is 0.491 e. The molecule has 2 aromatic rings. The van der Waals surface area contributed by atoms with Crippen LogP contribution in [0.5, 0.6) is 5.88 Å². The van der Waals surface area contributed by atoms with Crippen molar-refractivity contribution in [2.24, 2.45) is 0 Å². The number of aromatic nitrogens is 2. The fourth-order valence-electron chi connectivity index (χ4n) is 1.94. The minimum atomic E-state index is -0.873. The highest BCUT2D eigenvalue weighted by atomic mass is 16.7. The minimum absolute atomic E-state index is 0.372. The maximum atomic E-state index is 9.76. The van der Waals surface area contributed by atoms with Gasteiger partial charge >= 0.3 is 7.12 Å². The quantitative estimate of drug-likeness (QED) is 0.601. The molecular weight excluding hydrogens is 245 g/mol. The molecular formula is C12H12BN3O3. The topological polar surface area (TPSA) is 76.5 Å². The molecule has 1 aliphatic heterocycles. The summed E-state index contributed by atoms with van der Waals surface area (Å²) in [6.07, 6.45) is 2.37. The van der Waals surface area contributed by atoms with E-state index in [1.165, 1.54) is 0 Å². The van der Waals surface area contributed by atoms with Crippen LogP contribution in [0, 0.1) is 0 Å². The molecule has 0 aliphatic carbocycles. The average molecular weight is 257 g/mol. The van der Waals surface area contributed by atoms with E-state index < -0.39 is 7.12 Å². The van der Waals surface area contributed by atoms with Gasteiger partial charge in [0.25, 0.3) is 5.88 Å². The Morgan fingerprint density at radius 1 is 1.37 bits per heavy atom. The van der Waals surface area contributed by atoms with Crippen molar-refractivity contribution in [1.29, 1.82) is 0 Å². The van der Waals surface area contributed by atoms with Crippen LogP contribution < -0.4 is 15.8 Å². The van der Waals surface area contributed by atoms with Crippen LogP contribution in [0.4, 0.5) is 5.69 Å². The van der Waals surface area contributed by atoms with Crippen LogP contribution in [0.2, 0.25) is 0 Å². The van der Waals surface area contributed by atoms with Gasteiger partial charge in [-0.1, -0.05) is 6.07 Å². The summed E-state index contributed by atoms with van der Waals surface area (Å²) in [5.74, 6) is 0.372. The zero-order valence-electron chi connectivity index (χ0n) is 10.1. The van der Waals surface area contributed by atoms with E-state index >= 15 is 0 Å². The Labute approximate surface area is 110 Å². The lowest BCUT2D eigenvalue weighted by molar-refractivity contribution is 0.266. The molecule has 2 heterocycles. The van der Waals surface area contributed by atoms with Gasteiger partial charge < -0.3 is 14.5 Å². The number of nitrogens with one attached hydrogen (secondary N) is 1. The number of rotatable bonds is 3. The fourth-order valence-corrected chi connectivity index (χ4v) is 1.94. The van der Waals surface area contributed by atoms with Crippen LogP contribution in [0.1, 0.15) is 5.56 Å². The first kappa shape index (κ1) is 11.9. The highest BCUT2D eigenvalue weighted by Crippen LogP contribution is 2.13. The van der Waals surface area contributed by atoms with Gasteiger partial charge in [0.2, 0.25) is 0 Å². The van der Waals surface area contributed by atoms with Gasteiger partial charge in [0.15, 0.2) is 0 Å². The summed E-state index contributed by atoms with van der Waals surface area (Å²) in [6, 6.07) is 9.05. The van der Waals surface area contributed by atoms with Crippen LogP contribution in [0.15, 0.2) is 36.5 Å². The third-order valence-electron chi connectivity index (χ3n) is 2.88. The van der Waals surface area contributed by atoms with Crippen molar-refractivity contribution in [2.75, 3.05) is 12.1 Å². The summed E-state index contributed by atoms with van der Waals surface area (Å²) in [5.41, 5.74) is 5.33. The summed E-state index contributed by atoms with van der Waals surface area (Å²) in [6.45, 7) is 0.539. The summed E-state index contributed by atoms with van der Waals surface area (Å²) >= 11 is 0. The molecule has 3 rings (SSSR count). The van der Waals surface area contributed by atoms with Crippen molar-refractivity contribution in [3.63, 3.8) is 0 Å². The molecule has 1 aliphatic rings. The summed E-state index contributed by atoms with van der Waals surface area (Å²) in [4.78, 5) is 5.27. The monoisotopic (exact) mass is 257 g/mol. The lowest BCUT2D eigenvalue weighted by atomic mass is 9.73. The van der Waals surface area contributed by atoms with Gasteiger partial charge in [-0.25, -0.2) is 5.48 Å². The van der Waals surface area contributed by atoms with Gasteiger partial charge in [0, 0.05) is 18.9 Å². The molecule has 1 aromatic heterocycles. The Balaban J connectivity index is 1.74. The van der Waals surface area contributed by atoms with Gasteiger partial charge in [0.1, 0.15) is 0 Å². The van der Waals surface area contributed by atoms with E-state index in [0.717, 1.165) is 17.4 Å². The fraction of sp³-hybridized carbons (Fsp3) is 0.167. The standard InChI is InChI=1S/C12H12BN3O3/c17-13-11-8-10(4-3-9(11)5-7-18-13)16-19-12-2-1-6-14-15-12/h1-4,6,8,16-17H,5,7H2. The van der Waals surface area contributed by atoms with E-state index in [0.29, 0.717) is 18.2 Å². The first-order valence-electron chi connectivity index (χ1n) is 5.96. The summed E-state index contributed by atoms with van der Waals surface area (Å²) < 4.78 is 5.19. The molecule has 0 atom stereocenters. The van der Waals surface area contributed by atoms with Gasteiger partial charge in [-0.3, -0.25) is 0 Å². The first-order valence-corrected chi connectivity index (χ1v) is 5.96.